The predicted molar refractivity (Wildman–Crippen MR) is 135 cm³/mol. The van der Waals surface area contributed by atoms with E-state index in [2.05, 4.69) is 5.32 Å². The fourth-order valence-corrected chi connectivity index (χ4v) is 5.58. The second-order valence-corrected chi connectivity index (χ2v) is 10.2. The topological polar surface area (TPSA) is 88.6 Å². The Hall–Kier alpha value is -2.45. The first-order valence-electron chi connectivity index (χ1n) is 10.5. The van der Waals surface area contributed by atoms with Gasteiger partial charge in [-0.25, -0.2) is 0 Å². The Morgan fingerprint density at radius 2 is 2.06 bits per heavy atom. The van der Waals surface area contributed by atoms with E-state index in [4.69, 9.17) is 27.9 Å². The average molecular weight is 536 g/mol. The molecule has 3 aromatic rings. The third kappa shape index (κ3) is 5.61. The Morgan fingerprint density at radius 3 is 2.74 bits per heavy atom. The maximum atomic E-state index is 13.4. The molecule has 1 saturated heterocycles. The molecule has 1 amide bonds. The number of morpholine rings is 1. The summed E-state index contributed by atoms with van der Waals surface area (Å²) < 4.78 is 7.34. The number of hydrogen-bond acceptors (Lipinski definition) is 6. The van der Waals surface area contributed by atoms with E-state index in [1.54, 1.807) is 24.3 Å². The molecule has 0 atom stereocenters. The van der Waals surface area contributed by atoms with E-state index in [0.29, 0.717) is 35.0 Å². The second kappa shape index (κ2) is 11.3. The SMILES string of the molecule is N#C/C(C(=O)NCC[NH+]1CCOCC1)=c1/s/c(=C\c2ccsc2)c(=O)n1-c1ccc(Cl)c(Cl)c1. The number of nitrogens with zero attached hydrogens (tertiary/aromatic N) is 2. The number of ether oxygens (including phenoxy) is 1. The Bertz CT molecular complexity index is 1400. The number of nitrogens with one attached hydrogen (secondary N) is 2. The van der Waals surface area contributed by atoms with E-state index in [9.17, 15) is 14.9 Å². The maximum Gasteiger partial charge on any atom is 0.273 e. The monoisotopic (exact) mass is 535 g/mol. The van der Waals surface area contributed by atoms with Gasteiger partial charge in [-0.1, -0.05) is 23.2 Å². The maximum absolute atomic E-state index is 13.4. The van der Waals surface area contributed by atoms with Crippen molar-refractivity contribution in [2.45, 2.75) is 0 Å². The molecular formula is C23H21Cl2N4O3S2+. The van der Waals surface area contributed by atoms with E-state index in [1.807, 2.05) is 22.9 Å². The smallest absolute Gasteiger partial charge is 0.273 e. The van der Waals surface area contributed by atoms with Gasteiger partial charge in [0.05, 0.1) is 46.6 Å². The quantitative estimate of drug-likeness (QED) is 0.488. The third-order valence-electron chi connectivity index (χ3n) is 5.34. The number of thiazole rings is 1. The van der Waals surface area contributed by atoms with Crippen molar-refractivity contribution in [3.63, 3.8) is 0 Å². The van der Waals surface area contributed by atoms with Crippen LogP contribution in [0.2, 0.25) is 10.0 Å². The number of carbonyl (C=O) groups is 1. The van der Waals surface area contributed by atoms with Gasteiger partial charge >= 0.3 is 0 Å². The van der Waals surface area contributed by atoms with E-state index >= 15 is 0 Å². The van der Waals surface area contributed by atoms with Crippen molar-refractivity contribution in [3.05, 3.63) is 70.2 Å². The van der Waals surface area contributed by atoms with Crippen molar-refractivity contribution < 1.29 is 14.4 Å². The van der Waals surface area contributed by atoms with Crippen molar-refractivity contribution in [3.8, 4) is 11.8 Å². The molecule has 0 saturated carbocycles. The average Bonchev–Trinajstić information content (AvgIpc) is 3.45. The number of hydrogen-bond donors (Lipinski definition) is 2. The van der Waals surface area contributed by atoms with Crippen LogP contribution in [0.4, 0.5) is 0 Å². The van der Waals surface area contributed by atoms with Gasteiger partial charge in [-0.3, -0.25) is 14.2 Å². The summed E-state index contributed by atoms with van der Waals surface area (Å²) in [6.07, 6.45) is 1.75. The molecule has 34 heavy (non-hydrogen) atoms. The number of quaternary nitrogens is 1. The molecule has 0 radical (unpaired) electrons. The van der Waals surface area contributed by atoms with E-state index in [1.165, 1.54) is 20.8 Å². The van der Waals surface area contributed by atoms with Crippen molar-refractivity contribution in [2.75, 3.05) is 39.4 Å². The molecule has 3 heterocycles. The number of rotatable bonds is 6. The molecule has 11 heteroatoms. The van der Waals surface area contributed by atoms with Crippen LogP contribution in [0.3, 0.4) is 0 Å². The number of aromatic nitrogens is 1. The number of carbonyl (C=O) groups excluding carboxylic acids is 1. The minimum absolute atomic E-state index is 0.130. The van der Waals surface area contributed by atoms with Crippen LogP contribution in [0.25, 0.3) is 17.3 Å². The summed E-state index contributed by atoms with van der Waals surface area (Å²) in [5.74, 6) is -0.521. The van der Waals surface area contributed by atoms with E-state index in [-0.39, 0.29) is 20.8 Å². The van der Waals surface area contributed by atoms with Gasteiger partial charge in [-0.2, -0.15) is 16.6 Å². The predicted octanol–water partition coefficient (Wildman–Crippen LogP) is 0.802. The standard InChI is InChI=1S/C23H20Cl2N4O3S2/c24-18-2-1-16(12-19(18)25)29-22(31)20(11-15-3-10-33-14-15)34-23(29)17(13-26)21(30)27-4-5-28-6-8-32-9-7-28/h1-3,10-12,14H,4-9H2,(H,27,30)/p+1/b20-11-,23-17-. The van der Waals surface area contributed by atoms with Gasteiger partial charge in [0.1, 0.15) is 23.8 Å². The fourth-order valence-electron chi connectivity index (χ4n) is 3.56. The second-order valence-electron chi connectivity index (χ2n) is 7.57. The molecular weight excluding hydrogens is 515 g/mol. The lowest BCUT2D eigenvalue weighted by Gasteiger charge is -2.23. The molecule has 0 spiro atoms. The van der Waals surface area contributed by atoms with Crippen LogP contribution in [0.5, 0.6) is 0 Å². The van der Waals surface area contributed by atoms with Crippen LogP contribution >= 0.6 is 45.9 Å². The molecule has 1 aromatic carbocycles. The summed E-state index contributed by atoms with van der Waals surface area (Å²) in [5, 5.41) is 17.2. The Kier molecular flexibility index (Phi) is 8.21. The summed E-state index contributed by atoms with van der Waals surface area (Å²) in [4.78, 5) is 27.7. The van der Waals surface area contributed by atoms with Gasteiger partial charge in [0, 0.05) is 0 Å². The number of nitriles is 1. The van der Waals surface area contributed by atoms with Crippen molar-refractivity contribution in [1.82, 2.24) is 9.88 Å². The van der Waals surface area contributed by atoms with Crippen LogP contribution < -0.4 is 25.0 Å². The Balaban J connectivity index is 1.77. The molecule has 0 bridgehead atoms. The summed E-state index contributed by atoms with van der Waals surface area (Å²) in [5.41, 5.74) is 0.819. The fraction of sp³-hybridized carbons (Fsp3) is 0.261. The molecule has 1 aliphatic rings. The summed E-state index contributed by atoms with van der Waals surface area (Å²) in [6.45, 7) is 4.31. The summed E-state index contributed by atoms with van der Waals surface area (Å²) >= 11 is 14.9. The molecule has 0 aliphatic carbocycles. The highest BCUT2D eigenvalue weighted by atomic mass is 35.5. The van der Waals surface area contributed by atoms with Crippen molar-refractivity contribution in [2.24, 2.45) is 0 Å². The molecule has 1 aliphatic heterocycles. The Morgan fingerprint density at radius 1 is 1.26 bits per heavy atom. The number of amides is 1. The van der Waals surface area contributed by atoms with Gasteiger partial charge in [-0.15, -0.1) is 11.3 Å². The number of benzene rings is 1. The Labute approximate surface area is 213 Å². The zero-order chi connectivity index (χ0) is 24.1. The minimum Gasteiger partial charge on any atom is -0.370 e. The number of thiophene rings is 1. The molecule has 1 fully saturated rings. The third-order valence-corrected chi connectivity index (χ3v) is 7.88. The first-order valence-corrected chi connectivity index (χ1v) is 13.0. The highest BCUT2D eigenvalue weighted by Crippen LogP contribution is 2.23. The van der Waals surface area contributed by atoms with Crippen molar-refractivity contribution >= 4 is 63.4 Å². The molecule has 0 unspecified atom stereocenters. The zero-order valence-electron chi connectivity index (χ0n) is 18.0. The van der Waals surface area contributed by atoms with Gasteiger partial charge < -0.3 is 15.0 Å². The van der Waals surface area contributed by atoms with Crippen LogP contribution in [-0.2, 0) is 9.53 Å². The van der Waals surface area contributed by atoms with Crippen LogP contribution in [0.15, 0.2) is 39.8 Å². The largest absolute Gasteiger partial charge is 0.370 e. The molecule has 7 nitrogen and oxygen atoms in total. The van der Waals surface area contributed by atoms with Gasteiger partial charge in [-0.05, 0) is 46.7 Å². The highest BCUT2D eigenvalue weighted by molar-refractivity contribution is 7.08. The molecule has 2 aromatic heterocycles. The van der Waals surface area contributed by atoms with E-state index in [0.717, 1.165) is 36.5 Å². The summed E-state index contributed by atoms with van der Waals surface area (Å²) in [6, 6.07) is 8.65. The van der Waals surface area contributed by atoms with Gasteiger partial charge in [0.25, 0.3) is 11.5 Å². The first kappa shape index (κ1) is 24.7. The molecule has 176 valence electrons. The van der Waals surface area contributed by atoms with Gasteiger partial charge in [0.2, 0.25) is 0 Å². The summed E-state index contributed by atoms with van der Waals surface area (Å²) in [7, 11) is 0. The lowest BCUT2D eigenvalue weighted by molar-refractivity contribution is -0.906. The van der Waals surface area contributed by atoms with Gasteiger partial charge in [0.15, 0.2) is 5.57 Å². The highest BCUT2D eigenvalue weighted by Gasteiger charge is 2.19. The number of halogens is 2. The van der Waals surface area contributed by atoms with Crippen molar-refractivity contribution in [1.29, 1.82) is 5.26 Å². The lowest BCUT2D eigenvalue weighted by Crippen LogP contribution is -3.14. The van der Waals surface area contributed by atoms with E-state index < -0.39 is 5.91 Å². The molecule has 2 N–H and O–H groups in total. The minimum atomic E-state index is -0.521. The lowest BCUT2D eigenvalue weighted by atomic mass is 10.2. The normalized spacial score (nSPS) is 15.7. The van der Waals surface area contributed by atoms with Crippen LogP contribution in [0.1, 0.15) is 5.56 Å². The van der Waals surface area contributed by atoms with Crippen LogP contribution in [0, 0.1) is 11.3 Å². The molecule has 4 rings (SSSR count). The van der Waals surface area contributed by atoms with Crippen LogP contribution in [-0.4, -0.2) is 49.9 Å². The zero-order valence-corrected chi connectivity index (χ0v) is 21.1. The first-order chi connectivity index (χ1) is 16.5.